The van der Waals surface area contributed by atoms with E-state index in [1.165, 1.54) is 12.1 Å². The van der Waals surface area contributed by atoms with Gasteiger partial charge in [0.1, 0.15) is 11.6 Å². The normalized spacial score (nSPS) is 13.4. The minimum absolute atomic E-state index is 0.0792. The van der Waals surface area contributed by atoms with Gasteiger partial charge in [-0.15, -0.1) is 0 Å². The minimum atomic E-state index is -0.990. The molecule has 0 bridgehead atoms. The van der Waals surface area contributed by atoms with Gasteiger partial charge in [0, 0.05) is 22.7 Å². The number of aliphatic hydroxyl groups excluding tert-OH is 1. The van der Waals surface area contributed by atoms with Crippen molar-refractivity contribution >= 4 is 28.5 Å². The summed E-state index contributed by atoms with van der Waals surface area (Å²) in [5.41, 5.74) is 4.44. The van der Waals surface area contributed by atoms with Gasteiger partial charge in [0.15, 0.2) is 0 Å². The van der Waals surface area contributed by atoms with Crippen LogP contribution in [0.25, 0.3) is 11.1 Å². The maximum atomic E-state index is 13.9. The number of nitrogens with one attached hydrogen (secondary N) is 2. The molecule has 0 saturated carbocycles. The van der Waals surface area contributed by atoms with Crippen LogP contribution >= 0.6 is 22.6 Å². The Labute approximate surface area is 248 Å². The summed E-state index contributed by atoms with van der Waals surface area (Å²) in [6.45, 7) is 2.66. The number of carbonyl (C=O) groups excluding carboxylic acids is 1. The van der Waals surface area contributed by atoms with Gasteiger partial charge < -0.3 is 15.7 Å². The topological polar surface area (TPSA) is 61.4 Å². The Kier molecular flexibility index (Phi) is 10.8. The average molecular weight is 655 g/mol. The van der Waals surface area contributed by atoms with Crippen LogP contribution in [0.4, 0.5) is 8.78 Å². The summed E-state index contributed by atoms with van der Waals surface area (Å²) in [4.78, 5) is 13.5. The molecule has 0 heterocycles. The highest BCUT2D eigenvalue weighted by Gasteiger charge is 2.26. The van der Waals surface area contributed by atoms with Gasteiger partial charge in [0.25, 0.3) is 0 Å². The van der Waals surface area contributed by atoms with E-state index in [1.54, 1.807) is 0 Å². The maximum absolute atomic E-state index is 13.9. The largest absolute Gasteiger partial charge is 0.390 e. The third kappa shape index (κ3) is 8.43. The van der Waals surface area contributed by atoms with E-state index < -0.39 is 29.7 Å². The van der Waals surface area contributed by atoms with Crippen LogP contribution < -0.4 is 10.6 Å². The molecule has 4 nitrogen and oxygen atoms in total. The molecule has 3 atom stereocenters. The minimum Gasteiger partial charge on any atom is -0.390 e. The smallest absolute Gasteiger partial charge is 0.227 e. The Morgan fingerprint density at radius 1 is 0.850 bits per heavy atom. The van der Waals surface area contributed by atoms with Gasteiger partial charge in [0.2, 0.25) is 5.91 Å². The fourth-order valence-electron chi connectivity index (χ4n) is 4.81. The number of hydrogen-bond acceptors (Lipinski definition) is 3. The van der Waals surface area contributed by atoms with Crippen molar-refractivity contribution in [1.29, 1.82) is 0 Å². The standard InChI is InChI=1S/C33H33F2IN2O2/c1-2-30(26-13-11-25(12-14-26)24-8-4-3-5-9-24)33(40)38-31(18-23-15-27(34)19-28(35)16-23)32(39)21-37-20-22-7-6-10-29(36)17-22/h3-17,19,30-32,37,39H,2,18,20-21H2,1H3,(H,38,40)/t30?,31-,32+/m0/s1. The highest BCUT2D eigenvalue weighted by Crippen LogP contribution is 2.25. The van der Waals surface area contributed by atoms with Crippen LogP contribution in [0.2, 0.25) is 0 Å². The number of aliphatic hydroxyl groups is 1. The Hall–Kier alpha value is -3.14. The Morgan fingerprint density at radius 3 is 2.17 bits per heavy atom. The van der Waals surface area contributed by atoms with Gasteiger partial charge in [-0.1, -0.05) is 73.7 Å². The van der Waals surface area contributed by atoms with Crippen molar-refractivity contribution < 1.29 is 18.7 Å². The summed E-state index contributed by atoms with van der Waals surface area (Å²) < 4.78 is 29.0. The summed E-state index contributed by atoms with van der Waals surface area (Å²) >= 11 is 2.25. The zero-order valence-electron chi connectivity index (χ0n) is 22.3. The first-order valence-corrected chi connectivity index (χ1v) is 14.4. The van der Waals surface area contributed by atoms with Crippen molar-refractivity contribution in [2.24, 2.45) is 0 Å². The van der Waals surface area contributed by atoms with Gasteiger partial charge in [0.05, 0.1) is 18.1 Å². The number of hydrogen-bond donors (Lipinski definition) is 3. The lowest BCUT2D eigenvalue weighted by molar-refractivity contribution is -0.124. The lowest BCUT2D eigenvalue weighted by Crippen LogP contribution is -2.49. The van der Waals surface area contributed by atoms with Gasteiger partial charge in [-0.2, -0.15) is 0 Å². The van der Waals surface area contributed by atoms with Gasteiger partial charge in [-0.3, -0.25) is 4.79 Å². The molecule has 208 valence electrons. The molecule has 0 aromatic heterocycles. The molecule has 0 aliphatic rings. The highest BCUT2D eigenvalue weighted by molar-refractivity contribution is 14.1. The SMILES string of the molecule is CCC(C(=O)N[C@@H](Cc1cc(F)cc(F)c1)[C@H](O)CNCc1cccc(I)c1)c1ccc(-c2ccccc2)cc1. The van der Waals surface area contributed by atoms with E-state index in [2.05, 4.69) is 33.2 Å². The van der Waals surface area contributed by atoms with E-state index in [0.717, 1.165) is 31.9 Å². The van der Waals surface area contributed by atoms with Crippen LogP contribution in [0, 0.1) is 15.2 Å². The molecular formula is C33H33F2IN2O2. The summed E-state index contributed by atoms with van der Waals surface area (Å²) in [5.74, 6) is -2.08. The summed E-state index contributed by atoms with van der Waals surface area (Å²) in [6, 6.07) is 28.4. The van der Waals surface area contributed by atoms with Crippen LogP contribution in [-0.4, -0.2) is 29.7 Å². The number of benzene rings is 4. The molecule has 4 aromatic rings. The zero-order valence-corrected chi connectivity index (χ0v) is 24.4. The average Bonchev–Trinajstić information content (AvgIpc) is 2.93. The van der Waals surface area contributed by atoms with E-state index >= 15 is 0 Å². The van der Waals surface area contributed by atoms with E-state index in [-0.39, 0.29) is 18.9 Å². The first kappa shape index (κ1) is 29.8. The molecule has 4 rings (SSSR count). The molecule has 0 aliphatic carbocycles. The molecule has 4 aromatic carbocycles. The van der Waals surface area contributed by atoms with Crippen molar-refractivity contribution in [3.63, 3.8) is 0 Å². The van der Waals surface area contributed by atoms with E-state index in [4.69, 9.17) is 0 Å². The van der Waals surface area contributed by atoms with E-state index in [1.807, 2.05) is 85.8 Å². The fourth-order valence-corrected chi connectivity index (χ4v) is 5.42. The molecule has 40 heavy (non-hydrogen) atoms. The molecule has 3 N–H and O–H groups in total. The van der Waals surface area contributed by atoms with Crippen LogP contribution in [0.15, 0.2) is 97.1 Å². The predicted octanol–water partition coefficient (Wildman–Crippen LogP) is 6.61. The molecule has 0 saturated heterocycles. The van der Waals surface area contributed by atoms with Crippen molar-refractivity contribution in [2.75, 3.05) is 6.54 Å². The van der Waals surface area contributed by atoms with Crippen molar-refractivity contribution in [2.45, 2.75) is 44.4 Å². The Morgan fingerprint density at radius 2 is 1.52 bits per heavy atom. The zero-order chi connectivity index (χ0) is 28.5. The van der Waals surface area contributed by atoms with Crippen LogP contribution in [0.1, 0.15) is 36.0 Å². The molecule has 0 aliphatic heterocycles. The second-order valence-electron chi connectivity index (χ2n) is 9.87. The molecular weight excluding hydrogens is 621 g/mol. The third-order valence-electron chi connectivity index (χ3n) is 6.89. The fraction of sp³-hybridized carbons (Fsp3) is 0.242. The monoisotopic (exact) mass is 654 g/mol. The first-order valence-electron chi connectivity index (χ1n) is 13.4. The van der Waals surface area contributed by atoms with Crippen LogP contribution in [0.5, 0.6) is 0 Å². The van der Waals surface area contributed by atoms with Gasteiger partial charge in [-0.05, 0) is 87.5 Å². The Balaban J connectivity index is 1.48. The maximum Gasteiger partial charge on any atom is 0.227 e. The van der Waals surface area contributed by atoms with Gasteiger partial charge >= 0.3 is 0 Å². The number of halogens is 3. The number of amides is 1. The molecule has 0 fully saturated rings. The quantitative estimate of drug-likeness (QED) is 0.151. The van der Waals surface area contributed by atoms with Crippen LogP contribution in [-0.2, 0) is 17.8 Å². The Bertz CT molecular complexity index is 1380. The second-order valence-corrected chi connectivity index (χ2v) is 11.1. The summed E-state index contributed by atoms with van der Waals surface area (Å²) in [7, 11) is 0. The third-order valence-corrected chi connectivity index (χ3v) is 7.56. The predicted molar refractivity (Wildman–Crippen MR) is 164 cm³/mol. The summed E-state index contributed by atoms with van der Waals surface area (Å²) in [5, 5.41) is 17.3. The van der Waals surface area contributed by atoms with Crippen molar-refractivity contribution in [3.05, 3.63) is 129 Å². The molecule has 1 unspecified atom stereocenters. The summed E-state index contributed by atoms with van der Waals surface area (Å²) in [6.07, 6.45) is -0.356. The molecule has 0 radical (unpaired) electrons. The number of carbonyl (C=O) groups is 1. The number of rotatable bonds is 12. The molecule has 7 heteroatoms. The molecule has 1 amide bonds. The first-order chi connectivity index (χ1) is 19.3. The van der Waals surface area contributed by atoms with Crippen molar-refractivity contribution in [1.82, 2.24) is 10.6 Å². The molecule has 0 spiro atoms. The van der Waals surface area contributed by atoms with Gasteiger partial charge in [-0.25, -0.2) is 8.78 Å². The second kappa shape index (κ2) is 14.5. The van der Waals surface area contributed by atoms with Crippen molar-refractivity contribution in [3.8, 4) is 11.1 Å². The highest BCUT2D eigenvalue weighted by atomic mass is 127. The van der Waals surface area contributed by atoms with E-state index in [9.17, 15) is 18.7 Å². The lowest BCUT2D eigenvalue weighted by atomic mass is 9.92. The van der Waals surface area contributed by atoms with Crippen LogP contribution in [0.3, 0.4) is 0 Å². The lowest BCUT2D eigenvalue weighted by Gasteiger charge is -2.27. The van der Waals surface area contributed by atoms with E-state index in [0.29, 0.717) is 18.5 Å².